The Kier molecular flexibility index (Phi) is 3.29. The van der Waals surface area contributed by atoms with E-state index < -0.39 is 0 Å². The van der Waals surface area contributed by atoms with Gasteiger partial charge in [0.2, 0.25) is 0 Å². The Bertz CT molecular complexity index is 228. The largest absolute Gasteiger partial charge is 0.466 e. The summed E-state index contributed by atoms with van der Waals surface area (Å²) in [7, 11) is 0. The summed E-state index contributed by atoms with van der Waals surface area (Å²) in [6, 6.07) is 0.374. The van der Waals surface area contributed by atoms with Crippen LogP contribution in [0.25, 0.3) is 0 Å². The predicted molar refractivity (Wildman–Crippen MR) is 58.6 cm³/mol. The number of esters is 1. The smallest absolute Gasteiger partial charge is 0.313 e. The molecule has 0 aromatic carbocycles. The summed E-state index contributed by atoms with van der Waals surface area (Å²) in [5.74, 6) is 0.0434. The molecule has 2 fully saturated rings. The fourth-order valence-electron chi connectivity index (χ4n) is 3.14. The SMILES string of the molecule is CCOC(=O)C12CCCCC1NCCC2. The van der Waals surface area contributed by atoms with Crippen molar-refractivity contribution in [2.45, 2.75) is 51.5 Å². The number of nitrogens with one attached hydrogen (secondary N) is 1. The van der Waals surface area contributed by atoms with Gasteiger partial charge in [-0.1, -0.05) is 12.8 Å². The Hall–Kier alpha value is -0.570. The van der Waals surface area contributed by atoms with Gasteiger partial charge < -0.3 is 10.1 Å². The molecule has 0 aromatic heterocycles. The molecule has 0 amide bonds. The molecular formula is C12H21NO2. The average Bonchev–Trinajstić information content (AvgIpc) is 2.29. The number of ether oxygens (including phenoxy) is 1. The number of fused-ring (bicyclic) bond motifs is 1. The highest BCUT2D eigenvalue weighted by atomic mass is 16.5. The number of hydrogen-bond donors (Lipinski definition) is 1. The fraction of sp³-hybridized carbons (Fsp3) is 0.917. The van der Waals surface area contributed by atoms with Crippen LogP contribution < -0.4 is 5.32 Å². The molecule has 0 spiro atoms. The van der Waals surface area contributed by atoms with Crippen molar-refractivity contribution in [1.29, 1.82) is 0 Å². The van der Waals surface area contributed by atoms with Gasteiger partial charge in [-0.2, -0.15) is 0 Å². The molecule has 3 nitrogen and oxygen atoms in total. The lowest BCUT2D eigenvalue weighted by molar-refractivity contribution is -0.161. The molecule has 0 aromatic rings. The van der Waals surface area contributed by atoms with Crippen molar-refractivity contribution in [3.8, 4) is 0 Å². The second-order valence-corrected chi connectivity index (χ2v) is 4.73. The van der Waals surface area contributed by atoms with E-state index in [0.29, 0.717) is 12.6 Å². The Balaban J connectivity index is 2.14. The molecule has 3 heteroatoms. The zero-order chi connectivity index (χ0) is 10.7. The normalized spacial score (nSPS) is 35.7. The topological polar surface area (TPSA) is 38.3 Å². The summed E-state index contributed by atoms with van der Waals surface area (Å²) in [5, 5.41) is 3.50. The molecule has 2 aliphatic rings. The van der Waals surface area contributed by atoms with Crippen molar-refractivity contribution in [2.75, 3.05) is 13.2 Å². The molecule has 1 N–H and O–H groups in total. The molecule has 15 heavy (non-hydrogen) atoms. The summed E-state index contributed by atoms with van der Waals surface area (Å²) < 4.78 is 5.26. The Morgan fingerprint density at radius 2 is 2.20 bits per heavy atom. The maximum absolute atomic E-state index is 12.1. The van der Waals surface area contributed by atoms with Crippen molar-refractivity contribution >= 4 is 5.97 Å². The van der Waals surface area contributed by atoms with Crippen LogP contribution in [-0.2, 0) is 9.53 Å². The molecule has 2 atom stereocenters. The quantitative estimate of drug-likeness (QED) is 0.709. The van der Waals surface area contributed by atoms with Crippen LogP contribution in [0.3, 0.4) is 0 Å². The van der Waals surface area contributed by atoms with Gasteiger partial charge in [0, 0.05) is 6.04 Å². The van der Waals surface area contributed by atoms with Crippen LogP contribution in [0, 0.1) is 5.41 Å². The highest BCUT2D eigenvalue weighted by molar-refractivity contribution is 5.78. The van der Waals surface area contributed by atoms with Gasteiger partial charge in [-0.3, -0.25) is 4.79 Å². The summed E-state index contributed by atoms with van der Waals surface area (Å²) in [6.45, 7) is 3.46. The third-order valence-corrected chi connectivity index (χ3v) is 3.91. The first-order valence-corrected chi connectivity index (χ1v) is 6.20. The third kappa shape index (κ3) is 1.89. The van der Waals surface area contributed by atoms with Gasteiger partial charge in [0.25, 0.3) is 0 Å². The molecule has 0 bridgehead atoms. The van der Waals surface area contributed by atoms with Gasteiger partial charge in [0.05, 0.1) is 12.0 Å². The first-order chi connectivity index (χ1) is 7.29. The molecule has 1 aliphatic carbocycles. The van der Waals surface area contributed by atoms with Crippen LogP contribution in [0.15, 0.2) is 0 Å². The van der Waals surface area contributed by atoms with E-state index in [4.69, 9.17) is 4.74 Å². The van der Waals surface area contributed by atoms with Gasteiger partial charge in [0.1, 0.15) is 0 Å². The molecular weight excluding hydrogens is 190 g/mol. The molecule has 1 aliphatic heterocycles. The average molecular weight is 211 g/mol. The Morgan fingerprint density at radius 1 is 1.40 bits per heavy atom. The molecule has 2 rings (SSSR count). The van der Waals surface area contributed by atoms with Crippen LogP contribution in [-0.4, -0.2) is 25.2 Å². The van der Waals surface area contributed by atoms with E-state index in [1.807, 2.05) is 6.92 Å². The van der Waals surface area contributed by atoms with Crippen LogP contribution in [0.5, 0.6) is 0 Å². The minimum atomic E-state index is -0.188. The van der Waals surface area contributed by atoms with Crippen LogP contribution >= 0.6 is 0 Å². The third-order valence-electron chi connectivity index (χ3n) is 3.91. The second kappa shape index (κ2) is 4.52. The van der Waals surface area contributed by atoms with E-state index in [9.17, 15) is 4.79 Å². The van der Waals surface area contributed by atoms with Crippen molar-refractivity contribution in [1.82, 2.24) is 5.32 Å². The predicted octanol–water partition coefficient (Wildman–Crippen LogP) is 1.86. The lowest BCUT2D eigenvalue weighted by Gasteiger charge is -2.45. The maximum Gasteiger partial charge on any atom is 0.313 e. The zero-order valence-electron chi connectivity index (χ0n) is 9.55. The van der Waals surface area contributed by atoms with Crippen LogP contribution in [0.2, 0.25) is 0 Å². The minimum Gasteiger partial charge on any atom is -0.466 e. The number of rotatable bonds is 2. The summed E-state index contributed by atoms with van der Waals surface area (Å²) >= 11 is 0. The molecule has 1 saturated carbocycles. The molecule has 0 radical (unpaired) electrons. The van der Waals surface area contributed by atoms with Gasteiger partial charge >= 0.3 is 5.97 Å². The Morgan fingerprint density at radius 3 is 3.00 bits per heavy atom. The summed E-state index contributed by atoms with van der Waals surface area (Å²) in [6.07, 6.45) is 6.71. The second-order valence-electron chi connectivity index (χ2n) is 4.73. The number of carbonyl (C=O) groups excluding carboxylic acids is 1. The molecule has 2 unspecified atom stereocenters. The van der Waals surface area contributed by atoms with Gasteiger partial charge in [-0.05, 0) is 39.2 Å². The van der Waals surface area contributed by atoms with Crippen molar-refractivity contribution in [3.63, 3.8) is 0 Å². The van der Waals surface area contributed by atoms with Crippen molar-refractivity contribution < 1.29 is 9.53 Å². The Labute approximate surface area is 91.6 Å². The fourth-order valence-corrected chi connectivity index (χ4v) is 3.14. The standard InChI is InChI=1S/C12H21NO2/c1-2-15-11(14)12-7-4-3-6-10(12)13-9-5-8-12/h10,13H,2-9H2,1H3. The van der Waals surface area contributed by atoms with E-state index in [1.165, 1.54) is 12.8 Å². The van der Waals surface area contributed by atoms with Crippen LogP contribution in [0.1, 0.15) is 45.4 Å². The van der Waals surface area contributed by atoms with E-state index in [1.54, 1.807) is 0 Å². The molecule has 1 saturated heterocycles. The monoisotopic (exact) mass is 211 g/mol. The van der Waals surface area contributed by atoms with Crippen LogP contribution in [0.4, 0.5) is 0 Å². The van der Waals surface area contributed by atoms with E-state index in [0.717, 1.165) is 32.2 Å². The zero-order valence-corrected chi connectivity index (χ0v) is 9.55. The highest BCUT2D eigenvalue weighted by Gasteiger charge is 2.49. The summed E-state index contributed by atoms with van der Waals surface area (Å²) in [5.41, 5.74) is -0.188. The van der Waals surface area contributed by atoms with E-state index in [-0.39, 0.29) is 11.4 Å². The minimum absolute atomic E-state index is 0.0434. The first-order valence-electron chi connectivity index (χ1n) is 6.20. The van der Waals surface area contributed by atoms with Gasteiger partial charge in [0.15, 0.2) is 0 Å². The van der Waals surface area contributed by atoms with Crippen molar-refractivity contribution in [2.24, 2.45) is 5.41 Å². The van der Waals surface area contributed by atoms with E-state index in [2.05, 4.69) is 5.32 Å². The lowest BCUT2D eigenvalue weighted by Crippen LogP contribution is -2.56. The van der Waals surface area contributed by atoms with Gasteiger partial charge in [-0.25, -0.2) is 0 Å². The molecule has 86 valence electrons. The van der Waals surface area contributed by atoms with Gasteiger partial charge in [-0.15, -0.1) is 0 Å². The molecule has 1 heterocycles. The van der Waals surface area contributed by atoms with E-state index >= 15 is 0 Å². The first kappa shape index (κ1) is 10.9. The number of hydrogen-bond acceptors (Lipinski definition) is 3. The van der Waals surface area contributed by atoms with Crippen molar-refractivity contribution in [3.05, 3.63) is 0 Å². The summed E-state index contributed by atoms with van der Waals surface area (Å²) in [4.78, 5) is 12.1. The maximum atomic E-state index is 12.1. The highest BCUT2D eigenvalue weighted by Crippen LogP contribution is 2.43. The number of piperidine rings is 1. The number of carbonyl (C=O) groups is 1. The lowest BCUT2D eigenvalue weighted by atomic mass is 9.66.